The number of aromatic nitrogens is 2. The molecule has 1 unspecified atom stereocenters. The topological polar surface area (TPSA) is 78.0 Å². The molecule has 27 heavy (non-hydrogen) atoms. The van der Waals surface area contributed by atoms with Gasteiger partial charge in [0.1, 0.15) is 0 Å². The summed E-state index contributed by atoms with van der Waals surface area (Å²) in [7, 11) is 0. The standard InChI is InChI=1S/C19H17Cl2N3O2S/c1-11(17(22)25)27-19-23-16-5-3-2-4-14(16)18(26)24(19)9-8-12-6-7-13(20)10-15(12)21/h2-7,10-11H,8-9H2,1H3,(H2,22,25). The van der Waals surface area contributed by atoms with Gasteiger partial charge in [-0.15, -0.1) is 0 Å². The molecular weight excluding hydrogens is 405 g/mol. The number of halogens is 2. The van der Waals surface area contributed by atoms with Crippen molar-refractivity contribution in [3.63, 3.8) is 0 Å². The fraction of sp³-hybridized carbons (Fsp3) is 0.211. The summed E-state index contributed by atoms with van der Waals surface area (Å²) in [4.78, 5) is 29.0. The number of nitrogens with two attached hydrogens (primary N) is 1. The smallest absolute Gasteiger partial charge is 0.262 e. The zero-order valence-electron chi connectivity index (χ0n) is 14.5. The number of hydrogen-bond acceptors (Lipinski definition) is 4. The summed E-state index contributed by atoms with van der Waals surface area (Å²) in [6.07, 6.45) is 0.522. The minimum atomic E-state index is -0.511. The largest absolute Gasteiger partial charge is 0.369 e. The molecule has 1 atom stereocenters. The maximum absolute atomic E-state index is 13.0. The van der Waals surface area contributed by atoms with Crippen molar-refractivity contribution in [2.24, 2.45) is 5.73 Å². The zero-order valence-corrected chi connectivity index (χ0v) is 16.8. The molecule has 1 amide bonds. The lowest BCUT2D eigenvalue weighted by Crippen LogP contribution is -2.27. The quantitative estimate of drug-likeness (QED) is 0.483. The van der Waals surface area contributed by atoms with Gasteiger partial charge in [-0.2, -0.15) is 0 Å². The number of carbonyl (C=O) groups is 1. The van der Waals surface area contributed by atoms with Crippen molar-refractivity contribution in [2.45, 2.75) is 30.3 Å². The number of primary amides is 1. The molecule has 0 radical (unpaired) electrons. The average Bonchev–Trinajstić information content (AvgIpc) is 2.62. The summed E-state index contributed by atoms with van der Waals surface area (Å²) in [5.41, 5.74) is 6.68. The number of nitrogens with zero attached hydrogens (tertiary/aromatic N) is 2. The van der Waals surface area contributed by atoms with E-state index in [0.29, 0.717) is 39.1 Å². The van der Waals surface area contributed by atoms with Crippen molar-refractivity contribution >= 4 is 51.8 Å². The highest BCUT2D eigenvalue weighted by atomic mass is 35.5. The first-order chi connectivity index (χ1) is 12.9. The Balaban J connectivity index is 2.01. The number of thioether (sulfide) groups is 1. The van der Waals surface area contributed by atoms with E-state index in [1.165, 1.54) is 11.8 Å². The van der Waals surface area contributed by atoms with E-state index in [1.54, 1.807) is 41.8 Å². The van der Waals surface area contributed by atoms with E-state index >= 15 is 0 Å². The molecule has 2 N–H and O–H groups in total. The molecule has 1 aromatic heterocycles. The molecule has 0 saturated heterocycles. The molecular formula is C19H17Cl2N3O2S. The van der Waals surface area contributed by atoms with Crippen LogP contribution in [0.1, 0.15) is 12.5 Å². The fourth-order valence-electron chi connectivity index (χ4n) is 2.61. The van der Waals surface area contributed by atoms with E-state index in [2.05, 4.69) is 4.98 Å². The minimum absolute atomic E-state index is 0.162. The first kappa shape index (κ1) is 19.7. The molecule has 0 aliphatic carbocycles. The molecule has 140 valence electrons. The summed E-state index contributed by atoms with van der Waals surface area (Å²) in [5.74, 6) is -0.463. The molecule has 3 rings (SSSR count). The Hall–Kier alpha value is -2.02. The maximum Gasteiger partial charge on any atom is 0.262 e. The monoisotopic (exact) mass is 421 g/mol. The van der Waals surface area contributed by atoms with Gasteiger partial charge in [0, 0.05) is 16.6 Å². The van der Waals surface area contributed by atoms with E-state index in [0.717, 1.165) is 5.56 Å². The van der Waals surface area contributed by atoms with Crippen LogP contribution in [0.2, 0.25) is 10.0 Å². The Morgan fingerprint density at radius 3 is 2.70 bits per heavy atom. The van der Waals surface area contributed by atoms with Crippen molar-refractivity contribution in [3.05, 3.63) is 68.4 Å². The Kier molecular flexibility index (Phi) is 6.09. The SMILES string of the molecule is CC(Sc1nc2ccccc2c(=O)n1CCc1ccc(Cl)cc1Cl)C(N)=O. The van der Waals surface area contributed by atoms with Crippen LogP contribution in [-0.4, -0.2) is 20.7 Å². The first-order valence-electron chi connectivity index (χ1n) is 8.26. The van der Waals surface area contributed by atoms with Crippen molar-refractivity contribution in [1.29, 1.82) is 0 Å². The molecule has 0 spiro atoms. The van der Waals surface area contributed by atoms with Crippen LogP contribution >= 0.6 is 35.0 Å². The molecule has 3 aromatic rings. The lowest BCUT2D eigenvalue weighted by Gasteiger charge is -2.15. The van der Waals surface area contributed by atoms with Gasteiger partial charge in [0.15, 0.2) is 5.16 Å². The van der Waals surface area contributed by atoms with Gasteiger partial charge in [-0.3, -0.25) is 14.2 Å². The van der Waals surface area contributed by atoms with Crippen LogP contribution in [-0.2, 0) is 17.8 Å². The number of hydrogen-bond donors (Lipinski definition) is 1. The summed E-state index contributed by atoms with van der Waals surface area (Å²) in [5, 5.41) is 1.57. The highest BCUT2D eigenvalue weighted by molar-refractivity contribution is 8.00. The van der Waals surface area contributed by atoms with Crippen LogP contribution in [0, 0.1) is 0 Å². The van der Waals surface area contributed by atoms with Crippen LogP contribution in [0.4, 0.5) is 0 Å². The maximum atomic E-state index is 13.0. The van der Waals surface area contributed by atoms with Gasteiger partial charge < -0.3 is 5.73 Å². The van der Waals surface area contributed by atoms with Crippen LogP contribution in [0.25, 0.3) is 10.9 Å². The van der Waals surface area contributed by atoms with Crippen LogP contribution < -0.4 is 11.3 Å². The third-order valence-corrected chi connectivity index (χ3v) is 5.82. The molecule has 1 heterocycles. The number of fused-ring (bicyclic) bond motifs is 1. The third-order valence-electron chi connectivity index (χ3n) is 4.13. The second-order valence-corrected chi connectivity index (χ2v) is 8.17. The van der Waals surface area contributed by atoms with Gasteiger partial charge >= 0.3 is 0 Å². The number of rotatable bonds is 6. The van der Waals surface area contributed by atoms with E-state index in [4.69, 9.17) is 28.9 Å². The van der Waals surface area contributed by atoms with Gasteiger partial charge in [-0.1, -0.05) is 53.2 Å². The lowest BCUT2D eigenvalue weighted by molar-refractivity contribution is -0.117. The number of carbonyl (C=O) groups excluding carboxylic acids is 1. The summed E-state index contributed by atoms with van der Waals surface area (Å²) >= 11 is 13.4. The number of benzene rings is 2. The Labute approximate surface area is 170 Å². The normalized spacial score (nSPS) is 12.3. The van der Waals surface area contributed by atoms with Gasteiger partial charge in [0.2, 0.25) is 5.91 Å². The Morgan fingerprint density at radius 1 is 1.26 bits per heavy atom. The Morgan fingerprint density at radius 2 is 2.00 bits per heavy atom. The molecule has 0 fully saturated rings. The van der Waals surface area contributed by atoms with Gasteiger partial charge in [-0.25, -0.2) is 4.98 Å². The lowest BCUT2D eigenvalue weighted by atomic mass is 10.1. The van der Waals surface area contributed by atoms with E-state index < -0.39 is 11.2 Å². The van der Waals surface area contributed by atoms with E-state index in [1.807, 2.05) is 12.1 Å². The third kappa shape index (κ3) is 4.46. The zero-order chi connectivity index (χ0) is 19.6. The first-order valence-corrected chi connectivity index (χ1v) is 9.90. The van der Waals surface area contributed by atoms with Crippen LogP contribution in [0.3, 0.4) is 0 Å². The van der Waals surface area contributed by atoms with Gasteiger partial charge in [0.25, 0.3) is 5.56 Å². The van der Waals surface area contributed by atoms with E-state index in [-0.39, 0.29) is 5.56 Å². The molecule has 8 heteroatoms. The van der Waals surface area contributed by atoms with Gasteiger partial charge in [0.05, 0.1) is 16.2 Å². The highest BCUT2D eigenvalue weighted by Gasteiger charge is 2.17. The molecule has 0 bridgehead atoms. The summed E-state index contributed by atoms with van der Waals surface area (Å²) in [6.45, 7) is 2.06. The Bertz CT molecular complexity index is 1070. The number of aryl methyl sites for hydroxylation is 1. The molecule has 0 aliphatic rings. The van der Waals surface area contributed by atoms with Crippen LogP contribution in [0.15, 0.2) is 52.4 Å². The van der Waals surface area contributed by atoms with Crippen molar-refractivity contribution in [1.82, 2.24) is 9.55 Å². The fourth-order valence-corrected chi connectivity index (χ4v) is 4.00. The second-order valence-electron chi connectivity index (χ2n) is 6.02. The highest BCUT2D eigenvalue weighted by Crippen LogP contribution is 2.24. The molecule has 5 nitrogen and oxygen atoms in total. The predicted molar refractivity (Wildman–Crippen MR) is 111 cm³/mol. The van der Waals surface area contributed by atoms with Crippen molar-refractivity contribution in [2.75, 3.05) is 0 Å². The summed E-state index contributed by atoms with van der Waals surface area (Å²) < 4.78 is 1.57. The van der Waals surface area contributed by atoms with Crippen LogP contribution in [0.5, 0.6) is 0 Å². The average molecular weight is 422 g/mol. The van der Waals surface area contributed by atoms with E-state index in [9.17, 15) is 9.59 Å². The number of amides is 1. The van der Waals surface area contributed by atoms with Gasteiger partial charge in [-0.05, 0) is 43.2 Å². The van der Waals surface area contributed by atoms with Crippen molar-refractivity contribution in [3.8, 4) is 0 Å². The summed E-state index contributed by atoms with van der Waals surface area (Å²) in [6, 6.07) is 12.4. The minimum Gasteiger partial charge on any atom is -0.369 e. The second kappa shape index (κ2) is 8.33. The molecule has 0 saturated carbocycles. The molecule has 2 aromatic carbocycles. The predicted octanol–water partition coefficient (Wildman–Crippen LogP) is 3.91. The number of para-hydroxylation sites is 1. The molecule has 0 aliphatic heterocycles. The van der Waals surface area contributed by atoms with Crippen molar-refractivity contribution < 1.29 is 4.79 Å².